The van der Waals surface area contributed by atoms with Crippen molar-refractivity contribution < 1.29 is 0 Å². The maximum atomic E-state index is 2.41. The van der Waals surface area contributed by atoms with Crippen LogP contribution in [0, 0.1) is 0 Å². The van der Waals surface area contributed by atoms with Crippen molar-refractivity contribution in [2.24, 2.45) is 0 Å². The second kappa shape index (κ2) is 15.2. The zero-order valence-corrected chi connectivity index (χ0v) is 27.2. The normalized spacial score (nSPS) is 14.5. The smallest absolute Gasteiger partial charge is 0.0462 e. The van der Waals surface area contributed by atoms with Crippen molar-refractivity contribution in [3.8, 4) is 0 Å². The number of hydrogen-bond donors (Lipinski definition) is 0. The van der Waals surface area contributed by atoms with Gasteiger partial charge in [0.05, 0.1) is 0 Å². The van der Waals surface area contributed by atoms with Gasteiger partial charge in [-0.25, -0.2) is 0 Å². The number of hydrogen-bond acceptors (Lipinski definition) is 2. The Labute approximate surface area is 285 Å². The Kier molecular flexibility index (Phi) is 9.72. The first kappa shape index (κ1) is 30.8. The quantitative estimate of drug-likeness (QED) is 0.143. The van der Waals surface area contributed by atoms with E-state index in [4.69, 9.17) is 0 Å². The van der Waals surface area contributed by atoms with E-state index >= 15 is 0 Å². The molecule has 2 aliphatic carbocycles. The minimum Gasteiger partial charge on any atom is -0.315 e. The predicted octanol–water partition coefficient (Wildman–Crippen LogP) is 12.7. The summed E-state index contributed by atoms with van der Waals surface area (Å²) in [6.07, 6.45) is 24.6. The van der Waals surface area contributed by atoms with Crippen molar-refractivity contribution in [3.05, 3.63) is 210 Å². The van der Waals surface area contributed by atoms with Crippen LogP contribution in [-0.4, -0.2) is 0 Å². The van der Waals surface area contributed by atoms with Gasteiger partial charge in [-0.1, -0.05) is 134 Å². The summed E-state index contributed by atoms with van der Waals surface area (Å²) in [5.41, 5.74) is 12.2. The third-order valence-electron chi connectivity index (χ3n) is 8.77. The summed E-state index contributed by atoms with van der Waals surface area (Å²) in [7, 11) is 0. The van der Waals surface area contributed by atoms with E-state index in [9.17, 15) is 0 Å². The fourth-order valence-electron chi connectivity index (χ4n) is 6.24. The molecule has 0 aliphatic heterocycles. The van der Waals surface area contributed by atoms with Gasteiger partial charge in [-0.2, -0.15) is 0 Å². The van der Waals surface area contributed by atoms with E-state index in [1.807, 2.05) is 0 Å². The summed E-state index contributed by atoms with van der Waals surface area (Å²) in [4.78, 5) is 4.70. The molecule has 2 nitrogen and oxygen atoms in total. The highest BCUT2D eigenvalue weighted by atomic mass is 15.2. The average Bonchev–Trinajstić information content (AvgIpc) is 3.17. The Balaban J connectivity index is 1.00. The Morgan fingerprint density at radius 2 is 0.896 bits per heavy atom. The third kappa shape index (κ3) is 7.57. The lowest BCUT2D eigenvalue weighted by molar-refractivity contribution is 0.868. The SMILES string of the molecule is C1=CC(N(C2=CC=C(/C=C/c3ccc(/C=C/c4ccc(N(c5ccccc5)c5ccccc5)cc4)cc3)CC2)c2ccccc2)=CCC1. The van der Waals surface area contributed by atoms with Gasteiger partial charge < -0.3 is 9.80 Å². The second-order valence-corrected chi connectivity index (χ2v) is 12.1. The minimum absolute atomic E-state index is 1.01. The van der Waals surface area contributed by atoms with Crippen LogP contribution < -0.4 is 9.80 Å². The predicted molar refractivity (Wildman–Crippen MR) is 206 cm³/mol. The molecule has 0 saturated carbocycles. The van der Waals surface area contributed by atoms with Gasteiger partial charge >= 0.3 is 0 Å². The average molecular weight is 621 g/mol. The maximum absolute atomic E-state index is 2.41. The zero-order valence-electron chi connectivity index (χ0n) is 27.2. The van der Waals surface area contributed by atoms with Gasteiger partial charge in [0.1, 0.15) is 0 Å². The molecule has 0 aromatic heterocycles. The van der Waals surface area contributed by atoms with Gasteiger partial charge in [-0.05, 0) is 109 Å². The summed E-state index contributed by atoms with van der Waals surface area (Å²) < 4.78 is 0. The molecule has 0 radical (unpaired) electrons. The van der Waals surface area contributed by atoms with Crippen LogP contribution in [-0.2, 0) is 0 Å². The number of rotatable bonds is 10. The highest BCUT2D eigenvalue weighted by Gasteiger charge is 2.18. The molecule has 0 amide bonds. The molecule has 0 saturated heterocycles. The molecule has 0 bridgehead atoms. The highest BCUT2D eigenvalue weighted by Crippen LogP contribution is 2.35. The van der Waals surface area contributed by atoms with Crippen molar-refractivity contribution in [3.63, 3.8) is 0 Å². The van der Waals surface area contributed by atoms with Gasteiger partial charge in [0.25, 0.3) is 0 Å². The summed E-state index contributed by atoms with van der Waals surface area (Å²) in [6.45, 7) is 0. The van der Waals surface area contributed by atoms with E-state index < -0.39 is 0 Å². The summed E-state index contributed by atoms with van der Waals surface area (Å²) in [6, 6.07) is 49.2. The van der Waals surface area contributed by atoms with Crippen molar-refractivity contribution in [2.45, 2.75) is 25.7 Å². The Hall–Kier alpha value is -5.86. The van der Waals surface area contributed by atoms with Gasteiger partial charge in [-0.15, -0.1) is 0 Å². The first-order valence-electron chi connectivity index (χ1n) is 16.9. The minimum atomic E-state index is 1.01. The molecular formula is C46H40N2. The Morgan fingerprint density at radius 1 is 0.417 bits per heavy atom. The van der Waals surface area contributed by atoms with E-state index in [-0.39, 0.29) is 0 Å². The first-order chi connectivity index (χ1) is 23.8. The van der Waals surface area contributed by atoms with Crippen molar-refractivity contribution in [2.75, 3.05) is 9.80 Å². The van der Waals surface area contributed by atoms with Crippen LogP contribution in [0.25, 0.3) is 18.2 Å². The Bertz CT molecular complexity index is 1940. The van der Waals surface area contributed by atoms with E-state index in [0.717, 1.165) is 42.7 Å². The third-order valence-corrected chi connectivity index (χ3v) is 8.77. The summed E-state index contributed by atoms with van der Waals surface area (Å²) in [5.74, 6) is 0. The molecule has 0 fully saturated rings. The lowest BCUT2D eigenvalue weighted by Gasteiger charge is -2.31. The molecule has 234 valence electrons. The molecule has 5 aromatic rings. The van der Waals surface area contributed by atoms with Crippen LogP contribution in [0.15, 0.2) is 193 Å². The van der Waals surface area contributed by atoms with Crippen LogP contribution in [0.1, 0.15) is 42.4 Å². The van der Waals surface area contributed by atoms with E-state index in [2.05, 4.69) is 204 Å². The molecule has 0 unspecified atom stereocenters. The van der Waals surface area contributed by atoms with Crippen LogP contribution in [0.5, 0.6) is 0 Å². The lowest BCUT2D eigenvalue weighted by atomic mass is 9.99. The largest absolute Gasteiger partial charge is 0.315 e. The van der Waals surface area contributed by atoms with Crippen LogP contribution in [0.3, 0.4) is 0 Å². The standard InChI is InChI=1S/C46H40N2/c1-5-13-41(14-6-1)47(42-15-7-2-8-16-42)45-33-29-39(30-34-45)27-25-37-21-23-38(24-22-37)26-28-40-31-35-46(36-32-40)48(43-17-9-3-10-18-43)44-19-11-4-12-20-44/h1-3,5-11,13-31,33-35H,4,12,32,36H2/b27-25+,28-26+. The molecule has 7 rings (SSSR count). The molecule has 0 heterocycles. The number of benzene rings is 5. The van der Waals surface area contributed by atoms with Crippen molar-refractivity contribution in [1.82, 2.24) is 0 Å². The first-order valence-corrected chi connectivity index (χ1v) is 16.9. The van der Waals surface area contributed by atoms with Gasteiger partial charge in [-0.3, -0.25) is 0 Å². The topological polar surface area (TPSA) is 6.48 Å². The van der Waals surface area contributed by atoms with Crippen molar-refractivity contribution >= 4 is 41.0 Å². The molecule has 2 aliphatic rings. The number of nitrogens with zero attached hydrogens (tertiary/aromatic N) is 2. The van der Waals surface area contributed by atoms with Gasteiger partial charge in [0.2, 0.25) is 0 Å². The molecule has 5 aromatic carbocycles. The van der Waals surface area contributed by atoms with Gasteiger partial charge in [0.15, 0.2) is 0 Å². The molecule has 2 heteroatoms. The van der Waals surface area contributed by atoms with E-state index in [1.54, 1.807) is 0 Å². The molecular weight excluding hydrogens is 581 g/mol. The molecule has 48 heavy (non-hydrogen) atoms. The fourth-order valence-corrected chi connectivity index (χ4v) is 6.24. The number of anilines is 4. The number of para-hydroxylation sites is 3. The monoisotopic (exact) mass is 620 g/mol. The molecule has 0 atom stereocenters. The maximum Gasteiger partial charge on any atom is 0.0462 e. The second-order valence-electron chi connectivity index (χ2n) is 12.1. The van der Waals surface area contributed by atoms with E-state index in [1.165, 1.54) is 39.3 Å². The summed E-state index contributed by atoms with van der Waals surface area (Å²) >= 11 is 0. The Morgan fingerprint density at radius 3 is 1.38 bits per heavy atom. The molecule has 0 spiro atoms. The van der Waals surface area contributed by atoms with Crippen molar-refractivity contribution in [1.29, 1.82) is 0 Å². The zero-order chi connectivity index (χ0) is 32.4. The lowest BCUT2D eigenvalue weighted by Crippen LogP contribution is -2.22. The van der Waals surface area contributed by atoms with Crippen LogP contribution in [0.4, 0.5) is 22.7 Å². The van der Waals surface area contributed by atoms with Crippen LogP contribution >= 0.6 is 0 Å². The highest BCUT2D eigenvalue weighted by molar-refractivity contribution is 5.78. The number of allylic oxidation sites excluding steroid dienone is 8. The fraction of sp³-hybridized carbons (Fsp3) is 0.0870. The van der Waals surface area contributed by atoms with Gasteiger partial charge in [0, 0.05) is 34.1 Å². The molecule has 0 N–H and O–H groups in total. The van der Waals surface area contributed by atoms with E-state index in [0.29, 0.717) is 0 Å². The summed E-state index contributed by atoms with van der Waals surface area (Å²) in [5, 5.41) is 0. The van der Waals surface area contributed by atoms with Crippen LogP contribution in [0.2, 0.25) is 0 Å².